The second-order valence-electron chi connectivity index (χ2n) is 4.22. The van der Waals surface area contributed by atoms with E-state index in [4.69, 9.17) is 0 Å². The first-order valence-corrected chi connectivity index (χ1v) is 6.53. The minimum Gasteiger partial charge on any atom is -0.507 e. The Balaban J connectivity index is 2.10. The van der Waals surface area contributed by atoms with E-state index < -0.39 is 17.5 Å². The number of halogens is 3. The lowest BCUT2D eigenvalue weighted by Crippen LogP contribution is -2.04. The summed E-state index contributed by atoms with van der Waals surface area (Å²) in [6.45, 7) is 0. The Kier molecular flexibility index (Phi) is 2.90. The molecule has 2 nitrogen and oxygen atoms in total. The fraction of sp³-hybridized carbons (Fsp3) is 0.0714. The summed E-state index contributed by atoms with van der Waals surface area (Å²) in [7, 11) is 0. The van der Waals surface area contributed by atoms with Gasteiger partial charge in [-0.05, 0) is 30.3 Å². The molecule has 20 heavy (non-hydrogen) atoms. The molecule has 0 aliphatic rings. The smallest absolute Gasteiger partial charge is 0.416 e. The molecule has 1 aromatic heterocycles. The second kappa shape index (κ2) is 4.49. The number of rotatable bonds is 1. The van der Waals surface area contributed by atoms with E-state index in [1.807, 2.05) is 24.3 Å². The maximum atomic E-state index is 12.5. The number of phenolic OH excluding ortho intramolecular Hbond substituents is 1. The van der Waals surface area contributed by atoms with Crippen molar-refractivity contribution in [2.75, 3.05) is 0 Å². The zero-order valence-corrected chi connectivity index (χ0v) is 10.8. The van der Waals surface area contributed by atoms with Gasteiger partial charge in [0.2, 0.25) is 0 Å². The van der Waals surface area contributed by atoms with Crippen LogP contribution in [0.25, 0.3) is 20.8 Å². The Hall–Kier alpha value is -2.08. The normalized spacial score (nSPS) is 11.9. The molecule has 0 amide bonds. The van der Waals surface area contributed by atoms with Crippen LogP contribution in [-0.4, -0.2) is 10.1 Å². The summed E-state index contributed by atoms with van der Waals surface area (Å²) >= 11 is 1.33. The number of nitrogens with zero attached hydrogens (tertiary/aromatic N) is 1. The Bertz CT molecular complexity index is 746. The summed E-state index contributed by atoms with van der Waals surface area (Å²) in [5.41, 5.74) is 0.186. The third kappa shape index (κ3) is 2.22. The standard InChI is InChI=1S/C14H8F3NOS/c15-14(16,17)8-5-6-9(11(19)7-8)13-18-10-3-1-2-4-12(10)20-13/h1-7,19H. The molecule has 102 valence electrons. The lowest BCUT2D eigenvalue weighted by atomic mass is 10.1. The second-order valence-corrected chi connectivity index (χ2v) is 5.25. The Labute approximate surface area is 116 Å². The topological polar surface area (TPSA) is 33.1 Å². The molecule has 0 saturated carbocycles. The molecule has 0 radical (unpaired) electrons. The average Bonchev–Trinajstić information content (AvgIpc) is 2.80. The predicted octanol–water partition coefficient (Wildman–Crippen LogP) is 4.69. The van der Waals surface area contributed by atoms with Crippen molar-refractivity contribution in [1.82, 2.24) is 4.98 Å². The van der Waals surface area contributed by atoms with Crippen molar-refractivity contribution in [2.24, 2.45) is 0 Å². The number of hydrogen-bond donors (Lipinski definition) is 1. The van der Waals surface area contributed by atoms with Crippen LogP contribution in [0.5, 0.6) is 5.75 Å². The van der Waals surface area contributed by atoms with Gasteiger partial charge in [-0.3, -0.25) is 0 Å². The number of fused-ring (bicyclic) bond motifs is 1. The molecule has 0 atom stereocenters. The zero-order chi connectivity index (χ0) is 14.3. The van der Waals surface area contributed by atoms with Crippen molar-refractivity contribution in [2.45, 2.75) is 6.18 Å². The largest absolute Gasteiger partial charge is 0.507 e. The highest BCUT2D eigenvalue weighted by Gasteiger charge is 2.31. The number of aromatic nitrogens is 1. The third-order valence-corrected chi connectivity index (χ3v) is 3.92. The number of thiazole rings is 1. The monoisotopic (exact) mass is 295 g/mol. The molecule has 0 saturated heterocycles. The average molecular weight is 295 g/mol. The minimum atomic E-state index is -4.47. The van der Waals surface area contributed by atoms with E-state index in [2.05, 4.69) is 4.98 Å². The fourth-order valence-electron chi connectivity index (χ4n) is 1.88. The summed E-state index contributed by atoms with van der Waals surface area (Å²) in [6, 6.07) is 10.3. The van der Waals surface area contributed by atoms with Crippen LogP contribution in [0.3, 0.4) is 0 Å². The van der Waals surface area contributed by atoms with Crippen LogP contribution < -0.4 is 0 Å². The number of aromatic hydroxyl groups is 1. The maximum absolute atomic E-state index is 12.5. The molecule has 0 bridgehead atoms. The Morgan fingerprint density at radius 1 is 1.05 bits per heavy atom. The number of hydrogen-bond acceptors (Lipinski definition) is 3. The Morgan fingerprint density at radius 3 is 2.45 bits per heavy atom. The van der Waals surface area contributed by atoms with Gasteiger partial charge in [-0.25, -0.2) is 4.98 Å². The minimum absolute atomic E-state index is 0.305. The molecule has 1 heterocycles. The van der Waals surface area contributed by atoms with Gasteiger partial charge in [-0.1, -0.05) is 12.1 Å². The first kappa shape index (κ1) is 12.9. The van der Waals surface area contributed by atoms with Gasteiger partial charge >= 0.3 is 6.18 Å². The van der Waals surface area contributed by atoms with E-state index in [1.165, 1.54) is 17.4 Å². The molecule has 1 N–H and O–H groups in total. The van der Waals surface area contributed by atoms with Crippen LogP contribution in [0.4, 0.5) is 13.2 Å². The van der Waals surface area contributed by atoms with E-state index in [-0.39, 0.29) is 0 Å². The molecule has 0 spiro atoms. The molecule has 3 aromatic rings. The first-order valence-electron chi connectivity index (χ1n) is 5.71. The van der Waals surface area contributed by atoms with Crippen molar-refractivity contribution < 1.29 is 18.3 Å². The van der Waals surface area contributed by atoms with Crippen molar-refractivity contribution in [3.05, 3.63) is 48.0 Å². The van der Waals surface area contributed by atoms with Gasteiger partial charge in [0, 0.05) is 0 Å². The van der Waals surface area contributed by atoms with Crippen molar-refractivity contribution in [1.29, 1.82) is 0 Å². The molecule has 6 heteroatoms. The fourth-order valence-corrected chi connectivity index (χ4v) is 2.88. The van der Waals surface area contributed by atoms with Crippen LogP contribution in [0.1, 0.15) is 5.56 Å². The quantitative estimate of drug-likeness (QED) is 0.706. The predicted molar refractivity (Wildman–Crippen MR) is 71.7 cm³/mol. The van der Waals surface area contributed by atoms with Crippen LogP contribution in [0, 0.1) is 0 Å². The van der Waals surface area contributed by atoms with Gasteiger partial charge in [-0.2, -0.15) is 13.2 Å². The first-order chi connectivity index (χ1) is 9.45. The van der Waals surface area contributed by atoms with Gasteiger partial charge in [0.05, 0.1) is 21.3 Å². The summed E-state index contributed by atoms with van der Waals surface area (Å²) < 4.78 is 38.6. The summed E-state index contributed by atoms with van der Waals surface area (Å²) in [5.74, 6) is -0.418. The summed E-state index contributed by atoms with van der Waals surface area (Å²) in [6.07, 6.45) is -4.47. The van der Waals surface area contributed by atoms with Gasteiger partial charge in [0.1, 0.15) is 10.8 Å². The lowest BCUT2D eigenvalue weighted by Gasteiger charge is -2.08. The SMILES string of the molecule is Oc1cc(C(F)(F)F)ccc1-c1nc2ccccc2s1. The molecule has 0 aliphatic heterocycles. The van der Waals surface area contributed by atoms with E-state index >= 15 is 0 Å². The van der Waals surface area contributed by atoms with Crippen LogP contribution in [-0.2, 0) is 6.18 Å². The number of benzene rings is 2. The summed E-state index contributed by atoms with van der Waals surface area (Å²) in [5, 5.41) is 10.3. The molecule has 0 unspecified atom stereocenters. The molecular formula is C14H8F3NOS. The molecule has 3 rings (SSSR count). The van der Waals surface area contributed by atoms with E-state index in [9.17, 15) is 18.3 Å². The van der Waals surface area contributed by atoms with Crippen molar-refractivity contribution in [3.8, 4) is 16.3 Å². The number of phenols is 1. The van der Waals surface area contributed by atoms with Crippen LogP contribution in [0.15, 0.2) is 42.5 Å². The van der Waals surface area contributed by atoms with E-state index in [1.54, 1.807) is 0 Å². The van der Waals surface area contributed by atoms with Crippen molar-refractivity contribution >= 4 is 21.6 Å². The molecule has 2 aromatic carbocycles. The zero-order valence-electron chi connectivity index (χ0n) is 9.98. The summed E-state index contributed by atoms with van der Waals surface area (Å²) in [4.78, 5) is 4.31. The number of alkyl halides is 3. The molecule has 0 aliphatic carbocycles. The van der Waals surface area contributed by atoms with Gasteiger partial charge in [0.25, 0.3) is 0 Å². The maximum Gasteiger partial charge on any atom is 0.416 e. The van der Waals surface area contributed by atoms with Crippen LogP contribution in [0.2, 0.25) is 0 Å². The third-order valence-electron chi connectivity index (χ3n) is 2.85. The molecular weight excluding hydrogens is 287 g/mol. The van der Waals surface area contributed by atoms with Gasteiger partial charge in [0.15, 0.2) is 0 Å². The highest BCUT2D eigenvalue weighted by atomic mass is 32.1. The van der Waals surface area contributed by atoms with E-state index in [0.29, 0.717) is 10.6 Å². The highest BCUT2D eigenvalue weighted by molar-refractivity contribution is 7.21. The highest BCUT2D eigenvalue weighted by Crippen LogP contribution is 2.38. The van der Waals surface area contributed by atoms with Crippen molar-refractivity contribution in [3.63, 3.8) is 0 Å². The molecule has 0 fully saturated rings. The Morgan fingerprint density at radius 2 is 1.80 bits per heavy atom. The van der Waals surface area contributed by atoms with Gasteiger partial charge in [-0.15, -0.1) is 11.3 Å². The lowest BCUT2D eigenvalue weighted by molar-refractivity contribution is -0.137. The van der Waals surface area contributed by atoms with Gasteiger partial charge < -0.3 is 5.11 Å². The number of para-hydroxylation sites is 1. The van der Waals surface area contributed by atoms with Crippen LogP contribution >= 0.6 is 11.3 Å². The van der Waals surface area contributed by atoms with E-state index in [0.717, 1.165) is 22.3 Å².